The van der Waals surface area contributed by atoms with E-state index in [2.05, 4.69) is 107 Å². The molecule has 0 unspecified atom stereocenters. The number of quaternary nitrogens is 1. The van der Waals surface area contributed by atoms with E-state index in [1.807, 2.05) is 63.6 Å². The number of carbonyl (C=O) groups is 2. The van der Waals surface area contributed by atoms with Crippen molar-refractivity contribution in [3.05, 3.63) is 120 Å². The molecular weight excluding hydrogens is 609 g/mol. The second-order valence-electron chi connectivity index (χ2n) is 10.9. The molecule has 242 valence electrons. The van der Waals surface area contributed by atoms with Crippen molar-refractivity contribution >= 4 is 63.4 Å². The molecule has 0 atom stereocenters. The number of aromatic nitrogens is 1. The van der Waals surface area contributed by atoms with Crippen molar-refractivity contribution in [1.29, 1.82) is 0 Å². The zero-order chi connectivity index (χ0) is 33.1. The minimum Gasteiger partial charge on any atom is -0.374 e. The van der Waals surface area contributed by atoms with Crippen LogP contribution in [-0.2, 0) is 16.6 Å². The van der Waals surface area contributed by atoms with Gasteiger partial charge >= 0.3 is 0 Å². The highest BCUT2D eigenvalue weighted by Crippen LogP contribution is 2.19. The summed E-state index contributed by atoms with van der Waals surface area (Å²) in [4.78, 5) is 29.1. The number of nitrogens with two attached hydrogens (primary N) is 1. The molecule has 0 aliphatic heterocycles. The highest BCUT2D eigenvalue weighted by atomic mass is 32.2. The predicted octanol–water partition coefficient (Wildman–Crippen LogP) is 6.22. The average Bonchev–Trinajstić information content (AvgIpc) is 3.07. The van der Waals surface area contributed by atoms with Crippen molar-refractivity contribution in [2.75, 3.05) is 55.5 Å². The molecule has 0 radical (unpaired) electrons. The Morgan fingerprint density at radius 1 is 0.717 bits per heavy atom. The van der Waals surface area contributed by atoms with E-state index in [0.29, 0.717) is 11.5 Å². The van der Waals surface area contributed by atoms with Gasteiger partial charge in [-0.25, -0.2) is 4.57 Å². The van der Waals surface area contributed by atoms with E-state index >= 15 is 0 Å². The van der Waals surface area contributed by atoms with Gasteiger partial charge in [-0.3, -0.25) is 9.59 Å². The van der Waals surface area contributed by atoms with Crippen molar-refractivity contribution in [3.63, 3.8) is 0 Å². The van der Waals surface area contributed by atoms with Crippen LogP contribution in [0.4, 0.5) is 11.4 Å². The molecule has 0 fully saturated rings. The summed E-state index contributed by atoms with van der Waals surface area (Å²) in [5, 5.41) is 2.16. The molecule has 0 saturated carbocycles. The summed E-state index contributed by atoms with van der Waals surface area (Å²) in [6, 6.07) is 21.0. The second kappa shape index (κ2) is 20.3. The number of anilines is 2. The standard InChI is InChI=1S/C38H47N4O2S2/c1-6-31(21-24-39-2)7-8-32-11-15-35(16-12-32)41(4)27-29-45-37(43)19-20-38(44)46-30-28-42(5)36-17-13-33(14-18-36)9-10-34-22-25-40(3)26-23-34/h6-18,21-26,39H,19-20,27-30H2,1-5H3/q+1/p+1. The SMILES string of the molecule is CC=C(C=C[NH2+]C)C=Cc1ccc(N(C)CCSC(=O)CCC(=O)SCCN(C)c2ccc(C=Cc3cc[n+](C)cc3)cc2)cc1. The minimum atomic E-state index is 0.0739. The third kappa shape index (κ3) is 13.6. The molecule has 46 heavy (non-hydrogen) atoms. The summed E-state index contributed by atoms with van der Waals surface area (Å²) < 4.78 is 2.02. The van der Waals surface area contributed by atoms with Gasteiger partial charge in [-0.2, -0.15) is 0 Å². The highest BCUT2D eigenvalue weighted by Gasteiger charge is 2.10. The molecule has 8 heteroatoms. The molecule has 0 amide bonds. The first kappa shape index (κ1) is 36.6. The van der Waals surface area contributed by atoms with Crippen LogP contribution >= 0.6 is 23.5 Å². The van der Waals surface area contributed by atoms with Crippen LogP contribution < -0.4 is 19.7 Å². The van der Waals surface area contributed by atoms with Gasteiger partial charge in [-0.15, -0.1) is 0 Å². The van der Waals surface area contributed by atoms with Gasteiger partial charge in [-0.05, 0) is 59.5 Å². The molecule has 6 nitrogen and oxygen atoms in total. The zero-order valence-electron chi connectivity index (χ0n) is 27.8. The Kier molecular flexibility index (Phi) is 16.2. The maximum Gasteiger partial charge on any atom is 0.189 e. The highest BCUT2D eigenvalue weighted by molar-refractivity contribution is 8.14. The zero-order valence-corrected chi connectivity index (χ0v) is 29.4. The number of benzene rings is 2. The molecule has 0 spiro atoms. The molecule has 0 aliphatic rings. The van der Waals surface area contributed by atoms with Crippen LogP contribution in [0.3, 0.4) is 0 Å². The van der Waals surface area contributed by atoms with Crippen LogP contribution in [0.2, 0.25) is 0 Å². The number of hydrogen-bond donors (Lipinski definition) is 1. The lowest BCUT2D eigenvalue weighted by Crippen LogP contribution is -2.72. The summed E-state index contributed by atoms with van der Waals surface area (Å²) in [5.41, 5.74) is 6.82. The number of rotatable bonds is 17. The number of pyridine rings is 1. The van der Waals surface area contributed by atoms with Gasteiger partial charge in [0.2, 0.25) is 0 Å². The Morgan fingerprint density at radius 3 is 1.63 bits per heavy atom. The van der Waals surface area contributed by atoms with Crippen LogP contribution in [0.25, 0.3) is 18.2 Å². The van der Waals surface area contributed by atoms with Crippen molar-refractivity contribution in [1.82, 2.24) is 0 Å². The van der Waals surface area contributed by atoms with Crippen LogP contribution in [0.15, 0.2) is 103 Å². The van der Waals surface area contributed by atoms with Gasteiger partial charge < -0.3 is 15.1 Å². The van der Waals surface area contributed by atoms with Gasteiger partial charge in [0, 0.05) is 75.0 Å². The van der Waals surface area contributed by atoms with E-state index in [-0.39, 0.29) is 23.1 Å². The molecule has 3 rings (SSSR count). The van der Waals surface area contributed by atoms with E-state index in [1.54, 1.807) is 0 Å². The average molecular weight is 657 g/mol. The Balaban J connectivity index is 1.29. The third-order valence-corrected chi connectivity index (χ3v) is 9.16. The lowest BCUT2D eigenvalue weighted by Gasteiger charge is -2.19. The molecule has 1 aromatic heterocycles. The van der Waals surface area contributed by atoms with Crippen LogP contribution in [-0.4, -0.2) is 56.0 Å². The quantitative estimate of drug-likeness (QED) is 0.138. The maximum absolute atomic E-state index is 12.4. The lowest BCUT2D eigenvalue weighted by molar-refractivity contribution is -0.671. The number of carbonyl (C=O) groups excluding carboxylic acids is 2. The Labute approximate surface area is 284 Å². The fraction of sp³-hybridized carbons (Fsp3) is 0.289. The van der Waals surface area contributed by atoms with E-state index in [9.17, 15) is 9.59 Å². The predicted molar refractivity (Wildman–Crippen MR) is 200 cm³/mol. The largest absolute Gasteiger partial charge is 0.374 e. The third-order valence-electron chi connectivity index (χ3n) is 7.34. The molecule has 3 aromatic rings. The summed E-state index contributed by atoms with van der Waals surface area (Å²) in [7, 11) is 8.09. The Bertz CT molecular complexity index is 1500. The van der Waals surface area contributed by atoms with Gasteiger partial charge in [0.15, 0.2) is 22.6 Å². The van der Waals surface area contributed by atoms with Crippen LogP contribution in [0, 0.1) is 0 Å². The van der Waals surface area contributed by atoms with Gasteiger partial charge in [0.1, 0.15) is 7.05 Å². The lowest BCUT2D eigenvalue weighted by atomic mass is 10.1. The van der Waals surface area contributed by atoms with Crippen molar-refractivity contribution < 1.29 is 19.5 Å². The first-order valence-corrected chi connectivity index (χ1v) is 17.6. The number of hydrogen-bond acceptors (Lipinski definition) is 6. The van der Waals surface area contributed by atoms with Crippen molar-refractivity contribution in [2.24, 2.45) is 7.05 Å². The van der Waals surface area contributed by atoms with Crippen molar-refractivity contribution in [2.45, 2.75) is 19.8 Å². The van der Waals surface area contributed by atoms with E-state index in [0.717, 1.165) is 46.7 Å². The van der Waals surface area contributed by atoms with E-state index in [1.165, 1.54) is 23.5 Å². The molecule has 2 aromatic carbocycles. The fourth-order valence-electron chi connectivity index (χ4n) is 4.34. The van der Waals surface area contributed by atoms with E-state index in [4.69, 9.17) is 0 Å². The molecule has 0 saturated heterocycles. The fourth-order valence-corrected chi connectivity index (χ4v) is 6.02. The second-order valence-corrected chi connectivity index (χ2v) is 13.2. The summed E-state index contributed by atoms with van der Waals surface area (Å²) in [6.07, 6.45) is 19.3. The minimum absolute atomic E-state index is 0.0739. The van der Waals surface area contributed by atoms with Crippen LogP contribution in [0.5, 0.6) is 0 Å². The molecule has 0 aliphatic carbocycles. The topological polar surface area (TPSA) is 61.1 Å². The molecule has 0 bridgehead atoms. The maximum atomic E-state index is 12.4. The smallest absolute Gasteiger partial charge is 0.189 e. The van der Waals surface area contributed by atoms with Crippen molar-refractivity contribution in [3.8, 4) is 0 Å². The first-order valence-electron chi connectivity index (χ1n) is 15.6. The number of allylic oxidation sites excluding steroid dienone is 4. The first-order chi connectivity index (χ1) is 22.3. The summed E-state index contributed by atoms with van der Waals surface area (Å²) in [6.45, 7) is 3.54. The monoisotopic (exact) mass is 656 g/mol. The Hall–Kier alpha value is -3.85. The molecular formula is C38H48N4O2S2+2. The van der Waals surface area contributed by atoms with E-state index < -0.39 is 0 Å². The van der Waals surface area contributed by atoms with Gasteiger partial charge in [-0.1, -0.05) is 78.2 Å². The summed E-state index contributed by atoms with van der Waals surface area (Å²) in [5.74, 6) is 1.38. The normalized spacial score (nSPS) is 12.0. The number of thioether (sulfide) groups is 2. The Morgan fingerprint density at radius 2 is 1.17 bits per heavy atom. The van der Waals surface area contributed by atoms with Crippen LogP contribution in [0.1, 0.15) is 36.5 Å². The molecule has 2 N–H and O–H groups in total. The molecule has 1 heterocycles. The summed E-state index contributed by atoms with van der Waals surface area (Å²) >= 11 is 2.62. The number of nitrogens with zero attached hydrogens (tertiary/aromatic N) is 3. The van der Waals surface area contributed by atoms with Gasteiger partial charge in [0.05, 0.1) is 13.2 Å². The van der Waals surface area contributed by atoms with Gasteiger partial charge in [0.25, 0.3) is 0 Å². The number of aryl methyl sites for hydroxylation is 1.